The van der Waals surface area contributed by atoms with Crippen LogP contribution in [-0.2, 0) is 5.41 Å². The third kappa shape index (κ3) is 3.06. The second-order valence-electron chi connectivity index (χ2n) is 11.7. The predicted molar refractivity (Wildman–Crippen MR) is 177 cm³/mol. The Morgan fingerprint density at radius 1 is 0.537 bits per heavy atom. The summed E-state index contributed by atoms with van der Waals surface area (Å²) in [6.07, 6.45) is 0. The van der Waals surface area contributed by atoms with Gasteiger partial charge in [-0.3, -0.25) is 0 Å². The van der Waals surface area contributed by atoms with Gasteiger partial charge < -0.3 is 4.57 Å². The zero-order chi connectivity index (χ0) is 27.3. The molecule has 0 unspecified atom stereocenters. The van der Waals surface area contributed by atoms with E-state index in [9.17, 15) is 0 Å². The number of hydrogen-bond acceptors (Lipinski definition) is 1. The Bertz CT molecular complexity index is 2290. The molecule has 1 aliphatic rings. The molecular weight excluding hydrogens is 515 g/mol. The molecule has 2 aromatic heterocycles. The third-order valence-electron chi connectivity index (χ3n) is 9.22. The number of nitrogens with zero attached hydrogens (tertiary/aromatic N) is 1. The maximum absolute atomic E-state index is 2.46. The lowest BCUT2D eigenvalue weighted by atomic mass is 9.81. The van der Waals surface area contributed by atoms with Crippen LogP contribution in [0.4, 0.5) is 0 Å². The first-order chi connectivity index (χ1) is 20.1. The molecule has 1 aliphatic carbocycles. The van der Waals surface area contributed by atoms with Gasteiger partial charge in [-0.2, -0.15) is 0 Å². The molecule has 0 fully saturated rings. The first-order valence-corrected chi connectivity index (χ1v) is 15.1. The summed E-state index contributed by atoms with van der Waals surface area (Å²) >= 11 is 1.91. The Kier molecular flexibility index (Phi) is 4.61. The maximum atomic E-state index is 2.46. The van der Waals surface area contributed by atoms with Crippen LogP contribution in [0.2, 0.25) is 0 Å². The van der Waals surface area contributed by atoms with Crippen LogP contribution in [-0.4, -0.2) is 4.57 Å². The fourth-order valence-electron chi connectivity index (χ4n) is 7.30. The molecule has 9 rings (SSSR count). The van der Waals surface area contributed by atoms with Crippen molar-refractivity contribution in [3.05, 3.63) is 139 Å². The van der Waals surface area contributed by atoms with Crippen LogP contribution in [0.25, 0.3) is 69.9 Å². The SMILES string of the molecule is CC1(C)c2ccccc2-c2ccc(-c3cccc4c3sc3cccc(-n5c6ccccc6c6ccccc65)c34)cc21. The molecule has 0 aliphatic heterocycles. The van der Waals surface area contributed by atoms with Crippen LogP contribution in [0.1, 0.15) is 25.0 Å². The lowest BCUT2D eigenvalue weighted by molar-refractivity contribution is 0.660. The van der Waals surface area contributed by atoms with E-state index in [2.05, 4.69) is 146 Å². The summed E-state index contributed by atoms with van der Waals surface area (Å²) in [5, 5.41) is 5.24. The van der Waals surface area contributed by atoms with Crippen molar-refractivity contribution in [2.45, 2.75) is 19.3 Å². The van der Waals surface area contributed by atoms with Crippen molar-refractivity contribution in [1.82, 2.24) is 4.57 Å². The minimum atomic E-state index is -0.0142. The van der Waals surface area contributed by atoms with Crippen LogP contribution in [0.3, 0.4) is 0 Å². The van der Waals surface area contributed by atoms with Gasteiger partial charge in [-0.25, -0.2) is 0 Å². The Hall–Kier alpha value is -4.66. The second-order valence-corrected chi connectivity index (χ2v) is 12.8. The van der Waals surface area contributed by atoms with E-state index in [4.69, 9.17) is 0 Å². The Balaban J connectivity index is 1.31. The van der Waals surface area contributed by atoms with Gasteiger partial charge in [-0.1, -0.05) is 111 Å². The number of hydrogen-bond donors (Lipinski definition) is 0. The summed E-state index contributed by atoms with van der Waals surface area (Å²) in [5.41, 5.74) is 11.9. The van der Waals surface area contributed by atoms with Crippen LogP contribution >= 0.6 is 11.3 Å². The van der Waals surface area contributed by atoms with Gasteiger partial charge in [0.05, 0.1) is 16.7 Å². The summed E-state index contributed by atoms with van der Waals surface area (Å²) in [7, 11) is 0. The highest BCUT2D eigenvalue weighted by Gasteiger charge is 2.35. The standard InChI is InChI=1S/C39H27NS/c1-39(2)31-16-6-3-11-26(31)27-22-21-24(23-32(27)39)25-14-9-15-30-37-35(19-10-20-36(37)41-38(25)30)40-33-17-7-4-12-28(33)29-13-5-8-18-34(29)40/h3-23H,1-2H3. The van der Waals surface area contributed by atoms with Crippen molar-refractivity contribution in [1.29, 1.82) is 0 Å². The monoisotopic (exact) mass is 541 g/mol. The van der Waals surface area contributed by atoms with Gasteiger partial charge in [-0.05, 0) is 63.7 Å². The average molecular weight is 542 g/mol. The molecule has 0 spiro atoms. The molecule has 1 nitrogen and oxygen atoms in total. The van der Waals surface area contributed by atoms with Crippen molar-refractivity contribution in [3.63, 3.8) is 0 Å². The van der Waals surface area contributed by atoms with E-state index < -0.39 is 0 Å². The highest BCUT2D eigenvalue weighted by Crippen LogP contribution is 2.50. The number of benzene rings is 6. The first-order valence-electron chi connectivity index (χ1n) is 14.3. The quantitative estimate of drug-likeness (QED) is 0.205. The Morgan fingerprint density at radius 2 is 1.17 bits per heavy atom. The van der Waals surface area contributed by atoms with Gasteiger partial charge in [0.15, 0.2) is 0 Å². The minimum absolute atomic E-state index is 0.0142. The summed E-state index contributed by atoms with van der Waals surface area (Å²) in [6, 6.07) is 47.2. The molecule has 0 atom stereocenters. The van der Waals surface area contributed by atoms with E-state index >= 15 is 0 Å². The second kappa shape index (κ2) is 8.19. The fourth-order valence-corrected chi connectivity index (χ4v) is 8.56. The number of thiophene rings is 1. The average Bonchev–Trinajstić information content (AvgIpc) is 3.63. The highest BCUT2D eigenvalue weighted by molar-refractivity contribution is 7.26. The summed E-state index contributed by atoms with van der Waals surface area (Å²) < 4.78 is 5.13. The van der Waals surface area contributed by atoms with Crippen molar-refractivity contribution in [2.75, 3.05) is 0 Å². The van der Waals surface area contributed by atoms with E-state index in [1.165, 1.54) is 81.0 Å². The number of aromatic nitrogens is 1. The van der Waals surface area contributed by atoms with E-state index in [0.717, 1.165) is 0 Å². The predicted octanol–water partition coefficient (Wildman–Crippen LogP) is 11.1. The Labute approximate surface area is 242 Å². The zero-order valence-corrected chi connectivity index (χ0v) is 23.8. The van der Waals surface area contributed by atoms with Crippen LogP contribution < -0.4 is 0 Å². The van der Waals surface area contributed by atoms with Crippen LogP contribution in [0, 0.1) is 0 Å². The lowest BCUT2D eigenvalue weighted by Crippen LogP contribution is -2.14. The van der Waals surface area contributed by atoms with E-state index in [-0.39, 0.29) is 5.41 Å². The van der Waals surface area contributed by atoms with Gasteiger partial charge in [0.1, 0.15) is 0 Å². The molecule has 0 saturated heterocycles. The maximum Gasteiger partial charge on any atom is 0.0555 e. The molecule has 0 bridgehead atoms. The smallest absolute Gasteiger partial charge is 0.0555 e. The molecule has 0 radical (unpaired) electrons. The van der Waals surface area contributed by atoms with E-state index in [1.54, 1.807) is 0 Å². The van der Waals surface area contributed by atoms with Crippen molar-refractivity contribution in [3.8, 4) is 27.9 Å². The van der Waals surface area contributed by atoms with Crippen molar-refractivity contribution >= 4 is 53.3 Å². The molecule has 0 saturated carbocycles. The molecule has 0 N–H and O–H groups in total. The molecule has 41 heavy (non-hydrogen) atoms. The fraction of sp³-hybridized carbons (Fsp3) is 0.0769. The highest BCUT2D eigenvalue weighted by atomic mass is 32.1. The van der Waals surface area contributed by atoms with Crippen molar-refractivity contribution in [2.24, 2.45) is 0 Å². The third-order valence-corrected chi connectivity index (χ3v) is 10.4. The van der Waals surface area contributed by atoms with Gasteiger partial charge in [-0.15, -0.1) is 11.3 Å². The van der Waals surface area contributed by atoms with E-state index in [0.29, 0.717) is 0 Å². The molecule has 6 aromatic carbocycles. The van der Waals surface area contributed by atoms with Crippen LogP contribution in [0.5, 0.6) is 0 Å². The van der Waals surface area contributed by atoms with Crippen molar-refractivity contribution < 1.29 is 0 Å². The van der Waals surface area contributed by atoms with E-state index in [1.807, 2.05) is 11.3 Å². The van der Waals surface area contributed by atoms with Gasteiger partial charge in [0, 0.05) is 36.4 Å². The Morgan fingerprint density at radius 3 is 1.98 bits per heavy atom. The van der Waals surface area contributed by atoms with Gasteiger partial charge >= 0.3 is 0 Å². The summed E-state index contributed by atoms with van der Waals surface area (Å²) in [6.45, 7) is 4.72. The molecule has 2 heteroatoms. The molecule has 194 valence electrons. The van der Waals surface area contributed by atoms with Crippen LogP contribution in [0.15, 0.2) is 127 Å². The normalized spacial score (nSPS) is 13.8. The number of para-hydroxylation sites is 2. The minimum Gasteiger partial charge on any atom is -0.309 e. The molecule has 8 aromatic rings. The van der Waals surface area contributed by atoms with Gasteiger partial charge in [0.2, 0.25) is 0 Å². The molecule has 2 heterocycles. The summed E-state index contributed by atoms with van der Waals surface area (Å²) in [4.78, 5) is 0. The van der Waals surface area contributed by atoms with Gasteiger partial charge in [0.25, 0.3) is 0 Å². The molecular formula is C39H27NS. The lowest BCUT2D eigenvalue weighted by Gasteiger charge is -2.22. The topological polar surface area (TPSA) is 4.93 Å². The zero-order valence-electron chi connectivity index (χ0n) is 23.0. The number of rotatable bonds is 2. The number of fused-ring (bicyclic) bond motifs is 9. The first kappa shape index (κ1) is 23.1. The molecule has 0 amide bonds. The largest absolute Gasteiger partial charge is 0.309 e. The summed E-state index contributed by atoms with van der Waals surface area (Å²) in [5.74, 6) is 0.